The van der Waals surface area contributed by atoms with E-state index in [1.807, 2.05) is 48.5 Å². The van der Waals surface area contributed by atoms with E-state index in [1.165, 1.54) is 11.8 Å². The Labute approximate surface area is 217 Å². The van der Waals surface area contributed by atoms with Crippen LogP contribution in [0.2, 0.25) is 0 Å². The molecule has 188 valence electrons. The molecule has 0 fully saturated rings. The van der Waals surface area contributed by atoms with Crippen molar-refractivity contribution < 1.29 is 19.1 Å². The Morgan fingerprint density at radius 3 is 2.25 bits per heavy atom. The lowest BCUT2D eigenvalue weighted by Gasteiger charge is -2.32. The summed E-state index contributed by atoms with van der Waals surface area (Å²) in [6.07, 6.45) is 0. The van der Waals surface area contributed by atoms with Gasteiger partial charge in [0.15, 0.2) is 0 Å². The van der Waals surface area contributed by atoms with Crippen molar-refractivity contribution in [1.82, 2.24) is 5.32 Å². The van der Waals surface area contributed by atoms with Gasteiger partial charge >= 0.3 is 0 Å². The number of hydrogen-bond acceptors (Lipinski definition) is 6. The second-order valence-corrected chi connectivity index (χ2v) is 8.16. The van der Waals surface area contributed by atoms with Crippen molar-refractivity contribution in [3.05, 3.63) is 89.3 Å². The summed E-state index contributed by atoms with van der Waals surface area (Å²) in [6.45, 7) is 1.66. The van der Waals surface area contributed by atoms with Gasteiger partial charge in [0, 0.05) is 43.0 Å². The largest absolute Gasteiger partial charge is 0.497 e. The van der Waals surface area contributed by atoms with Crippen LogP contribution in [0.25, 0.3) is 5.57 Å². The third-order valence-electron chi connectivity index (χ3n) is 5.78. The summed E-state index contributed by atoms with van der Waals surface area (Å²) < 4.78 is 10.7. The molecule has 36 heavy (non-hydrogen) atoms. The highest BCUT2D eigenvalue weighted by molar-refractivity contribution is 7.83. The predicted octanol–water partition coefficient (Wildman–Crippen LogP) is 4.75. The number of hydrogen-bond donors (Lipinski definition) is 3. The van der Waals surface area contributed by atoms with E-state index in [-0.39, 0.29) is 18.4 Å². The Balaban J connectivity index is 2.09. The van der Waals surface area contributed by atoms with E-state index >= 15 is 0 Å². The zero-order valence-electron chi connectivity index (χ0n) is 20.8. The molecule has 3 rings (SSSR count). The smallest absolute Gasteiger partial charge is 0.248 e. The second kappa shape index (κ2) is 12.7. The first-order chi connectivity index (χ1) is 17.4. The molecule has 3 aromatic rings. The average Bonchev–Trinajstić information content (AvgIpc) is 2.92. The van der Waals surface area contributed by atoms with Crippen LogP contribution in [0.3, 0.4) is 0 Å². The summed E-state index contributed by atoms with van der Waals surface area (Å²) in [7, 11) is 4.96. The highest BCUT2D eigenvalue weighted by Crippen LogP contribution is 2.33. The molecule has 0 radical (unpaired) electrons. The molecular formula is C28H31N3O4S. The molecule has 2 N–H and O–H groups in total. The van der Waals surface area contributed by atoms with Crippen LogP contribution >= 0.6 is 12.6 Å². The van der Waals surface area contributed by atoms with Crippen LogP contribution in [0.1, 0.15) is 18.1 Å². The zero-order chi connectivity index (χ0) is 26.1. The van der Waals surface area contributed by atoms with Gasteiger partial charge < -0.3 is 20.1 Å². The minimum absolute atomic E-state index is 0.223. The Hall–Kier alpha value is -3.91. The molecule has 0 heterocycles. The molecule has 0 aliphatic carbocycles. The third-order valence-corrected chi connectivity index (χ3v) is 6.06. The van der Waals surface area contributed by atoms with E-state index < -0.39 is 6.04 Å². The SMILES string of the molecule is CNc1ccccc1/C(=C/S)C(C(=O)NCc1ccccc1OC)N(C(C)=O)c1ccc(OC)cc1. The van der Waals surface area contributed by atoms with Crippen molar-refractivity contribution >= 4 is 41.4 Å². The fourth-order valence-electron chi connectivity index (χ4n) is 4.02. The van der Waals surface area contributed by atoms with E-state index in [0.717, 1.165) is 16.8 Å². The van der Waals surface area contributed by atoms with Gasteiger partial charge in [-0.15, -0.1) is 0 Å². The van der Waals surface area contributed by atoms with Crippen LogP contribution in [0.5, 0.6) is 11.5 Å². The molecule has 0 spiro atoms. The normalized spacial score (nSPS) is 11.9. The molecule has 0 aromatic heterocycles. The second-order valence-electron chi connectivity index (χ2n) is 7.90. The van der Waals surface area contributed by atoms with Gasteiger partial charge in [-0.3, -0.25) is 14.5 Å². The molecule has 0 aliphatic rings. The van der Waals surface area contributed by atoms with E-state index in [1.54, 1.807) is 50.9 Å². The number of amides is 2. The zero-order valence-corrected chi connectivity index (χ0v) is 21.7. The number of benzene rings is 3. The van der Waals surface area contributed by atoms with Crippen molar-refractivity contribution in [3.8, 4) is 11.5 Å². The quantitative estimate of drug-likeness (QED) is 0.347. The van der Waals surface area contributed by atoms with Crippen molar-refractivity contribution in [3.63, 3.8) is 0 Å². The molecule has 0 bridgehead atoms. The fourth-order valence-corrected chi connectivity index (χ4v) is 4.30. The predicted molar refractivity (Wildman–Crippen MR) is 148 cm³/mol. The first-order valence-electron chi connectivity index (χ1n) is 11.4. The molecule has 1 atom stereocenters. The van der Waals surface area contributed by atoms with Crippen LogP contribution < -0.4 is 25.0 Å². The average molecular weight is 506 g/mol. The number of methoxy groups -OCH3 is 2. The van der Waals surface area contributed by atoms with Gasteiger partial charge in [0.1, 0.15) is 17.5 Å². The Morgan fingerprint density at radius 1 is 0.972 bits per heavy atom. The molecule has 0 saturated heterocycles. The number of anilines is 2. The summed E-state index contributed by atoms with van der Waals surface area (Å²) in [6, 6.07) is 21.0. The van der Waals surface area contributed by atoms with Crippen molar-refractivity contribution in [2.75, 3.05) is 31.5 Å². The summed E-state index contributed by atoms with van der Waals surface area (Å²) in [5.41, 5.74) is 3.49. The third kappa shape index (κ3) is 6.01. The number of carbonyl (C=O) groups excluding carboxylic acids is 2. The Bertz CT molecular complexity index is 1230. The van der Waals surface area contributed by atoms with Crippen LogP contribution in [0, 0.1) is 0 Å². The number of carbonyl (C=O) groups is 2. The molecule has 1 unspecified atom stereocenters. The number of nitrogens with zero attached hydrogens (tertiary/aromatic N) is 1. The summed E-state index contributed by atoms with van der Waals surface area (Å²) in [4.78, 5) is 28.4. The standard InChI is InChI=1S/C28H31N3O4S/c1-19(32)31(21-13-15-22(34-3)16-14-21)27(24(18-36)23-10-6-7-11-25(23)29-2)28(33)30-17-20-9-5-8-12-26(20)35-4/h5-16,18,27,29,36H,17H2,1-4H3,(H,30,33)/b24-18-. The summed E-state index contributed by atoms with van der Waals surface area (Å²) in [5.74, 6) is 0.647. The topological polar surface area (TPSA) is 79.9 Å². The number of rotatable bonds is 10. The molecule has 0 saturated carbocycles. The van der Waals surface area contributed by atoms with Gasteiger partial charge in [0.2, 0.25) is 11.8 Å². The van der Waals surface area contributed by atoms with Gasteiger partial charge in [-0.25, -0.2) is 0 Å². The minimum Gasteiger partial charge on any atom is -0.497 e. The lowest BCUT2D eigenvalue weighted by atomic mass is 9.95. The Morgan fingerprint density at radius 2 is 1.64 bits per heavy atom. The van der Waals surface area contributed by atoms with Gasteiger partial charge in [-0.1, -0.05) is 36.4 Å². The van der Waals surface area contributed by atoms with Gasteiger partial charge in [-0.2, -0.15) is 12.6 Å². The van der Waals surface area contributed by atoms with Gasteiger partial charge in [0.05, 0.1) is 14.2 Å². The van der Waals surface area contributed by atoms with E-state index in [4.69, 9.17) is 9.47 Å². The lowest BCUT2D eigenvalue weighted by molar-refractivity contribution is -0.124. The number of nitrogens with one attached hydrogen (secondary N) is 2. The summed E-state index contributed by atoms with van der Waals surface area (Å²) >= 11 is 4.48. The highest BCUT2D eigenvalue weighted by Gasteiger charge is 2.34. The van der Waals surface area contributed by atoms with Crippen LogP contribution in [-0.4, -0.2) is 39.1 Å². The molecule has 0 aliphatic heterocycles. The number of thiol groups is 1. The Kier molecular flexibility index (Phi) is 9.41. The molecule has 3 aromatic carbocycles. The van der Waals surface area contributed by atoms with E-state index in [2.05, 4.69) is 23.3 Å². The van der Waals surface area contributed by atoms with Crippen LogP contribution in [-0.2, 0) is 16.1 Å². The van der Waals surface area contributed by atoms with Crippen LogP contribution in [0.4, 0.5) is 11.4 Å². The van der Waals surface area contributed by atoms with E-state index in [0.29, 0.717) is 22.8 Å². The minimum atomic E-state index is -1.00. The molecule has 7 nitrogen and oxygen atoms in total. The molecule has 8 heteroatoms. The highest BCUT2D eigenvalue weighted by atomic mass is 32.1. The van der Waals surface area contributed by atoms with E-state index in [9.17, 15) is 9.59 Å². The van der Waals surface area contributed by atoms with Crippen molar-refractivity contribution in [2.24, 2.45) is 0 Å². The first kappa shape index (κ1) is 26.7. The first-order valence-corrected chi connectivity index (χ1v) is 11.9. The van der Waals surface area contributed by atoms with Gasteiger partial charge in [-0.05, 0) is 47.4 Å². The lowest BCUT2D eigenvalue weighted by Crippen LogP contribution is -2.49. The maximum atomic E-state index is 13.9. The van der Waals surface area contributed by atoms with Crippen molar-refractivity contribution in [2.45, 2.75) is 19.5 Å². The molecular weight excluding hydrogens is 474 g/mol. The maximum Gasteiger partial charge on any atom is 0.248 e. The fraction of sp³-hybridized carbons (Fsp3) is 0.214. The monoisotopic (exact) mass is 505 g/mol. The maximum absolute atomic E-state index is 13.9. The van der Waals surface area contributed by atoms with Gasteiger partial charge in [0.25, 0.3) is 0 Å². The summed E-state index contributed by atoms with van der Waals surface area (Å²) in [5, 5.41) is 7.72. The van der Waals surface area contributed by atoms with Crippen molar-refractivity contribution in [1.29, 1.82) is 0 Å². The number of para-hydroxylation sites is 2. The molecule has 2 amide bonds. The van der Waals surface area contributed by atoms with Crippen LogP contribution in [0.15, 0.2) is 78.2 Å². The number of ether oxygens (including phenoxy) is 2.